The van der Waals surface area contributed by atoms with Gasteiger partial charge in [0.1, 0.15) is 0 Å². The molecule has 0 saturated heterocycles. The van der Waals surface area contributed by atoms with Crippen LogP contribution in [0.3, 0.4) is 0 Å². The molecule has 4 radical (unpaired) electrons. The van der Waals surface area contributed by atoms with Crippen LogP contribution in [-0.2, 0) is 9.59 Å². The van der Waals surface area contributed by atoms with Gasteiger partial charge in [0.05, 0.1) is 0 Å². The first-order chi connectivity index (χ1) is 3.63. The summed E-state index contributed by atoms with van der Waals surface area (Å²) >= 11 is 0. The molecule has 0 aliphatic rings. The van der Waals surface area contributed by atoms with Gasteiger partial charge in [-0.25, -0.2) is 9.59 Å². The van der Waals surface area contributed by atoms with Crippen LogP contribution in [0.1, 0.15) is 0 Å². The molecule has 0 spiro atoms. The van der Waals surface area contributed by atoms with E-state index in [-0.39, 0.29) is 23.9 Å². The minimum atomic E-state index is -1.26. The van der Waals surface area contributed by atoms with Crippen molar-refractivity contribution < 1.29 is 19.8 Å². The topological polar surface area (TPSA) is 74.6 Å². The van der Waals surface area contributed by atoms with Crippen molar-refractivity contribution in [1.82, 2.24) is 0 Å². The predicted octanol–water partition coefficient (Wildman–Crippen LogP) is -0.669. The minimum absolute atomic E-state index is 0. The molecular formula is C4H4O4Sn. The van der Waals surface area contributed by atoms with Crippen LogP contribution in [0.2, 0.25) is 0 Å². The summed E-state index contributed by atoms with van der Waals surface area (Å²) in [6, 6.07) is 0. The van der Waals surface area contributed by atoms with Crippen LogP contribution in [0.5, 0.6) is 0 Å². The summed E-state index contributed by atoms with van der Waals surface area (Å²) in [5, 5.41) is 15.6. The second kappa shape index (κ2) is 5.61. The fourth-order valence-corrected chi connectivity index (χ4v) is 0.143. The summed E-state index contributed by atoms with van der Waals surface area (Å²) in [6.45, 7) is 0. The smallest absolute Gasteiger partial charge is 0.328 e. The van der Waals surface area contributed by atoms with E-state index in [0.29, 0.717) is 12.2 Å². The summed E-state index contributed by atoms with van der Waals surface area (Å²) in [7, 11) is 0. The molecule has 0 heterocycles. The van der Waals surface area contributed by atoms with E-state index in [1.807, 2.05) is 0 Å². The molecule has 0 fully saturated rings. The van der Waals surface area contributed by atoms with Gasteiger partial charge in [0.2, 0.25) is 0 Å². The van der Waals surface area contributed by atoms with Crippen LogP contribution in [0.15, 0.2) is 12.2 Å². The SMILES string of the molecule is O=C(O)/C=C/C(=O)O.[Sn]. The van der Waals surface area contributed by atoms with Gasteiger partial charge in [-0.3, -0.25) is 0 Å². The molecule has 4 nitrogen and oxygen atoms in total. The molecule has 0 aliphatic carbocycles. The number of hydrogen-bond donors (Lipinski definition) is 2. The Labute approximate surface area is 68.1 Å². The molecule has 48 valence electrons. The van der Waals surface area contributed by atoms with Crippen molar-refractivity contribution in [3.63, 3.8) is 0 Å². The molecule has 0 amide bonds. The van der Waals surface area contributed by atoms with Crippen LogP contribution in [0, 0.1) is 0 Å². The van der Waals surface area contributed by atoms with Gasteiger partial charge in [-0.05, 0) is 0 Å². The third-order valence-corrected chi connectivity index (χ3v) is 0.368. The fraction of sp³-hybridized carbons (Fsp3) is 0. The summed E-state index contributed by atoms with van der Waals surface area (Å²) < 4.78 is 0. The van der Waals surface area contributed by atoms with Gasteiger partial charge in [0, 0.05) is 36.1 Å². The number of carboxylic acid groups (broad SMARTS) is 2. The fourth-order valence-electron chi connectivity index (χ4n) is 0.143. The van der Waals surface area contributed by atoms with Crippen molar-refractivity contribution in [3.8, 4) is 0 Å². The first kappa shape index (κ1) is 11.3. The molecule has 2 N–H and O–H groups in total. The second-order valence-electron chi connectivity index (χ2n) is 1.01. The molecule has 0 atom stereocenters. The maximum absolute atomic E-state index is 9.55. The van der Waals surface area contributed by atoms with Crippen molar-refractivity contribution in [1.29, 1.82) is 0 Å². The summed E-state index contributed by atoms with van der Waals surface area (Å²) in [5.74, 6) is -2.51. The summed E-state index contributed by atoms with van der Waals surface area (Å²) in [4.78, 5) is 19.1. The average molecular weight is 235 g/mol. The number of hydrogen-bond acceptors (Lipinski definition) is 2. The van der Waals surface area contributed by atoms with E-state index in [9.17, 15) is 9.59 Å². The molecule has 0 bridgehead atoms. The van der Waals surface area contributed by atoms with Crippen molar-refractivity contribution in [2.75, 3.05) is 0 Å². The third-order valence-electron chi connectivity index (χ3n) is 0.368. The van der Waals surface area contributed by atoms with Crippen molar-refractivity contribution in [2.45, 2.75) is 0 Å². The number of rotatable bonds is 2. The maximum atomic E-state index is 9.55. The molecule has 0 aromatic rings. The van der Waals surface area contributed by atoms with Crippen LogP contribution in [0.25, 0.3) is 0 Å². The van der Waals surface area contributed by atoms with Crippen molar-refractivity contribution in [2.24, 2.45) is 0 Å². The Hall–Kier alpha value is -0.521. The van der Waals surface area contributed by atoms with Crippen LogP contribution < -0.4 is 0 Å². The molecule has 0 aromatic carbocycles. The van der Waals surface area contributed by atoms with Crippen molar-refractivity contribution in [3.05, 3.63) is 12.2 Å². The molecule has 0 saturated carbocycles. The largest absolute Gasteiger partial charge is 0.478 e. The van der Waals surface area contributed by atoms with E-state index < -0.39 is 11.9 Å². The molecule has 0 unspecified atom stereocenters. The van der Waals surface area contributed by atoms with E-state index >= 15 is 0 Å². The number of carbonyl (C=O) groups is 2. The normalized spacial score (nSPS) is 8.44. The van der Waals surface area contributed by atoms with E-state index in [0.717, 1.165) is 0 Å². The molecule has 0 rings (SSSR count). The molecule has 9 heavy (non-hydrogen) atoms. The van der Waals surface area contributed by atoms with Gasteiger partial charge in [-0.1, -0.05) is 0 Å². The maximum Gasteiger partial charge on any atom is 0.328 e. The molecule has 5 heteroatoms. The van der Waals surface area contributed by atoms with Gasteiger partial charge >= 0.3 is 11.9 Å². The van der Waals surface area contributed by atoms with E-state index in [1.54, 1.807) is 0 Å². The Balaban J connectivity index is 0. The quantitative estimate of drug-likeness (QED) is 0.491. The number of aliphatic carboxylic acids is 2. The van der Waals surface area contributed by atoms with Gasteiger partial charge in [-0.15, -0.1) is 0 Å². The predicted molar refractivity (Wildman–Crippen MR) is 30.2 cm³/mol. The third kappa shape index (κ3) is 11.2. The van der Waals surface area contributed by atoms with Crippen molar-refractivity contribution >= 4 is 35.8 Å². The molecular weight excluding hydrogens is 231 g/mol. The first-order valence-electron chi connectivity index (χ1n) is 1.77. The molecule has 0 aromatic heterocycles. The molecule has 0 aliphatic heterocycles. The van der Waals surface area contributed by atoms with Gasteiger partial charge in [0.25, 0.3) is 0 Å². The van der Waals surface area contributed by atoms with Crippen LogP contribution in [0.4, 0.5) is 0 Å². The standard InChI is InChI=1S/C4H4O4.Sn/c5-3(6)1-2-4(7)8;/h1-2H,(H,5,6)(H,7,8);/b2-1+;. The minimum Gasteiger partial charge on any atom is -0.478 e. The second-order valence-corrected chi connectivity index (χ2v) is 1.01. The van der Waals surface area contributed by atoms with Crippen LogP contribution >= 0.6 is 0 Å². The Morgan fingerprint density at radius 2 is 1.22 bits per heavy atom. The van der Waals surface area contributed by atoms with Gasteiger partial charge < -0.3 is 10.2 Å². The summed E-state index contributed by atoms with van der Waals surface area (Å²) in [6.07, 6.45) is 1.12. The average Bonchev–Trinajstić information content (AvgIpc) is 1.61. The van der Waals surface area contributed by atoms with E-state index in [2.05, 4.69) is 0 Å². The Bertz CT molecular complexity index is 124. The Morgan fingerprint density at radius 3 is 1.33 bits per heavy atom. The van der Waals surface area contributed by atoms with Gasteiger partial charge in [-0.2, -0.15) is 0 Å². The Kier molecular flexibility index (Phi) is 7.05. The number of carboxylic acids is 2. The first-order valence-corrected chi connectivity index (χ1v) is 1.77. The van der Waals surface area contributed by atoms with E-state index in [4.69, 9.17) is 10.2 Å². The zero-order valence-corrected chi connectivity index (χ0v) is 7.22. The summed E-state index contributed by atoms with van der Waals surface area (Å²) in [5.41, 5.74) is 0. The van der Waals surface area contributed by atoms with Gasteiger partial charge in [0.15, 0.2) is 0 Å². The van der Waals surface area contributed by atoms with E-state index in [1.165, 1.54) is 0 Å². The van der Waals surface area contributed by atoms with Crippen LogP contribution in [-0.4, -0.2) is 46.1 Å². The monoisotopic (exact) mass is 236 g/mol. The zero-order valence-electron chi connectivity index (χ0n) is 4.37. The zero-order chi connectivity index (χ0) is 6.57. The Morgan fingerprint density at radius 1 is 1.00 bits per heavy atom.